The summed E-state index contributed by atoms with van der Waals surface area (Å²) in [4.78, 5) is 1.67. The van der Waals surface area contributed by atoms with E-state index in [1.165, 1.54) is 0 Å². The van der Waals surface area contributed by atoms with Gasteiger partial charge in [-0.05, 0) is 60.7 Å². The van der Waals surface area contributed by atoms with Gasteiger partial charge in [0.05, 0.1) is 5.30 Å². The zero-order chi connectivity index (χ0) is 18.4. The minimum absolute atomic E-state index is 0.509. The van der Waals surface area contributed by atoms with E-state index in [1.807, 2.05) is 66.7 Å². The standard InChI is InChI=1S/C18H13Br2O3PS2/c19-14-6-10-17(11-7-14)25-22-24(21,16-4-2-1-3-5-16)23-26-18-12-8-15(20)9-13-18/h1-13H. The molecule has 0 spiro atoms. The Morgan fingerprint density at radius 2 is 1.08 bits per heavy atom. The number of halogens is 2. The third-order valence-electron chi connectivity index (χ3n) is 3.16. The molecule has 0 aromatic heterocycles. The molecule has 0 bridgehead atoms. The molecule has 134 valence electrons. The maximum absolute atomic E-state index is 13.4. The third-order valence-corrected chi connectivity index (χ3v) is 8.25. The monoisotopic (exact) mass is 530 g/mol. The summed E-state index contributed by atoms with van der Waals surface area (Å²) < 4.78 is 26.7. The summed E-state index contributed by atoms with van der Waals surface area (Å²) in [5.74, 6) is 0. The highest BCUT2D eigenvalue weighted by molar-refractivity contribution is 9.10. The fourth-order valence-electron chi connectivity index (χ4n) is 1.87. The average molecular weight is 532 g/mol. The zero-order valence-corrected chi connectivity index (χ0v) is 18.9. The van der Waals surface area contributed by atoms with Crippen LogP contribution in [0.2, 0.25) is 0 Å². The van der Waals surface area contributed by atoms with Gasteiger partial charge in [0, 0.05) is 42.8 Å². The van der Waals surface area contributed by atoms with Gasteiger partial charge in [0.2, 0.25) is 0 Å². The van der Waals surface area contributed by atoms with E-state index in [9.17, 15) is 4.57 Å². The summed E-state index contributed by atoms with van der Waals surface area (Å²) in [5, 5.41) is 0.509. The first-order valence-electron chi connectivity index (χ1n) is 7.44. The van der Waals surface area contributed by atoms with Crippen molar-refractivity contribution >= 4 is 68.8 Å². The average Bonchev–Trinajstić information content (AvgIpc) is 2.68. The van der Waals surface area contributed by atoms with E-state index in [4.69, 9.17) is 7.94 Å². The van der Waals surface area contributed by atoms with Crippen molar-refractivity contribution in [1.82, 2.24) is 0 Å². The number of hydrogen-bond donors (Lipinski definition) is 0. The number of benzene rings is 3. The summed E-state index contributed by atoms with van der Waals surface area (Å²) in [6.07, 6.45) is 0. The fraction of sp³-hybridized carbons (Fsp3) is 0. The quantitative estimate of drug-likeness (QED) is 0.233. The summed E-state index contributed by atoms with van der Waals surface area (Å²) in [6, 6.07) is 24.1. The Morgan fingerprint density at radius 1 is 0.654 bits per heavy atom. The highest BCUT2D eigenvalue weighted by atomic mass is 79.9. The van der Waals surface area contributed by atoms with E-state index >= 15 is 0 Å². The first-order chi connectivity index (χ1) is 12.5. The summed E-state index contributed by atoms with van der Waals surface area (Å²) in [5.41, 5.74) is 0. The van der Waals surface area contributed by atoms with Crippen molar-refractivity contribution in [3.63, 3.8) is 0 Å². The van der Waals surface area contributed by atoms with Crippen LogP contribution < -0.4 is 5.30 Å². The van der Waals surface area contributed by atoms with Crippen molar-refractivity contribution in [1.29, 1.82) is 0 Å². The van der Waals surface area contributed by atoms with Crippen LogP contribution in [0.3, 0.4) is 0 Å². The maximum Gasteiger partial charge on any atom is 0.384 e. The molecule has 0 aliphatic heterocycles. The van der Waals surface area contributed by atoms with Gasteiger partial charge in [-0.25, -0.2) is 7.94 Å². The van der Waals surface area contributed by atoms with Gasteiger partial charge in [-0.3, -0.25) is 4.57 Å². The number of hydrogen-bond acceptors (Lipinski definition) is 5. The molecule has 3 aromatic rings. The van der Waals surface area contributed by atoms with E-state index < -0.39 is 7.60 Å². The molecule has 0 N–H and O–H groups in total. The van der Waals surface area contributed by atoms with Gasteiger partial charge in [-0.2, -0.15) is 0 Å². The molecule has 0 fully saturated rings. The lowest BCUT2D eigenvalue weighted by molar-refractivity contribution is 0.446. The molecule has 3 nitrogen and oxygen atoms in total. The second-order valence-corrected chi connectivity index (χ2v) is 10.9. The molecule has 0 unspecified atom stereocenters. The Labute approximate surface area is 178 Å². The molecule has 3 aromatic carbocycles. The van der Waals surface area contributed by atoms with E-state index in [0.717, 1.165) is 42.8 Å². The van der Waals surface area contributed by atoms with Crippen molar-refractivity contribution in [3.05, 3.63) is 87.8 Å². The van der Waals surface area contributed by atoms with Crippen LogP contribution in [0, 0.1) is 0 Å². The molecule has 0 aliphatic carbocycles. The van der Waals surface area contributed by atoms with Crippen LogP contribution in [0.1, 0.15) is 0 Å². The van der Waals surface area contributed by atoms with Crippen molar-refractivity contribution in [3.8, 4) is 0 Å². The fourth-order valence-corrected chi connectivity index (χ4v) is 5.92. The van der Waals surface area contributed by atoms with Crippen LogP contribution in [0.4, 0.5) is 0 Å². The summed E-state index contributed by atoms with van der Waals surface area (Å²) >= 11 is 8.86. The predicted octanol–water partition coefficient (Wildman–Crippen LogP) is 7.48. The lowest BCUT2D eigenvalue weighted by atomic mass is 10.4. The highest BCUT2D eigenvalue weighted by Gasteiger charge is 2.30. The molecule has 0 aliphatic rings. The van der Waals surface area contributed by atoms with Crippen LogP contribution in [0.5, 0.6) is 0 Å². The Kier molecular flexibility index (Phi) is 7.46. The van der Waals surface area contributed by atoms with Crippen molar-refractivity contribution in [2.24, 2.45) is 0 Å². The first kappa shape index (κ1) is 20.2. The molecule has 3 rings (SSSR count). The Hall–Kier alpha value is -0.530. The molecule has 0 atom stereocenters. The Bertz CT molecular complexity index is 837. The van der Waals surface area contributed by atoms with Crippen molar-refractivity contribution < 1.29 is 12.5 Å². The van der Waals surface area contributed by atoms with E-state index in [2.05, 4.69) is 31.9 Å². The van der Waals surface area contributed by atoms with Crippen LogP contribution in [-0.4, -0.2) is 0 Å². The van der Waals surface area contributed by atoms with Crippen LogP contribution in [-0.2, 0) is 12.5 Å². The van der Waals surface area contributed by atoms with Gasteiger partial charge in [-0.15, -0.1) is 0 Å². The van der Waals surface area contributed by atoms with Gasteiger partial charge >= 0.3 is 7.60 Å². The van der Waals surface area contributed by atoms with E-state index in [-0.39, 0.29) is 0 Å². The lowest BCUT2D eigenvalue weighted by Gasteiger charge is -2.16. The predicted molar refractivity (Wildman–Crippen MR) is 116 cm³/mol. The lowest BCUT2D eigenvalue weighted by Crippen LogP contribution is -2.05. The van der Waals surface area contributed by atoms with Gasteiger partial charge < -0.3 is 0 Å². The molecular weight excluding hydrogens is 519 g/mol. The van der Waals surface area contributed by atoms with Crippen LogP contribution in [0.25, 0.3) is 0 Å². The van der Waals surface area contributed by atoms with E-state index in [0.29, 0.717) is 5.30 Å². The number of rotatable bonds is 7. The molecule has 0 saturated heterocycles. The SMILES string of the molecule is O=P(OSc1ccc(Br)cc1)(OSc1ccc(Br)cc1)c1ccccc1. The largest absolute Gasteiger partial charge is 0.384 e. The second kappa shape index (κ2) is 9.60. The van der Waals surface area contributed by atoms with Gasteiger partial charge in [0.15, 0.2) is 0 Å². The summed E-state index contributed by atoms with van der Waals surface area (Å²) in [7, 11) is -3.52. The van der Waals surface area contributed by atoms with Gasteiger partial charge in [0.25, 0.3) is 0 Å². The van der Waals surface area contributed by atoms with Crippen molar-refractivity contribution in [2.45, 2.75) is 9.79 Å². The van der Waals surface area contributed by atoms with Crippen molar-refractivity contribution in [2.75, 3.05) is 0 Å². The third kappa shape index (κ3) is 5.73. The first-order valence-corrected chi connectivity index (χ1v) is 12.1. The Balaban J connectivity index is 1.76. The molecular formula is C18H13Br2O3PS2. The summed E-state index contributed by atoms with van der Waals surface area (Å²) in [6.45, 7) is 0. The van der Waals surface area contributed by atoms with Gasteiger partial charge in [-0.1, -0.05) is 50.1 Å². The molecule has 0 amide bonds. The molecule has 0 heterocycles. The van der Waals surface area contributed by atoms with Crippen LogP contribution in [0.15, 0.2) is 97.6 Å². The zero-order valence-electron chi connectivity index (χ0n) is 13.2. The molecule has 8 heteroatoms. The Morgan fingerprint density at radius 3 is 1.50 bits per heavy atom. The van der Waals surface area contributed by atoms with Crippen LogP contribution >= 0.6 is 63.5 Å². The van der Waals surface area contributed by atoms with E-state index in [1.54, 1.807) is 12.1 Å². The molecule has 26 heavy (non-hydrogen) atoms. The van der Waals surface area contributed by atoms with Gasteiger partial charge in [0.1, 0.15) is 0 Å². The minimum Gasteiger partial charge on any atom is -0.252 e. The second-order valence-electron chi connectivity index (χ2n) is 5.06. The minimum atomic E-state index is -3.52. The topological polar surface area (TPSA) is 35.5 Å². The maximum atomic E-state index is 13.4. The normalized spacial score (nSPS) is 11.5. The molecule has 0 saturated carbocycles. The molecule has 0 radical (unpaired) electrons. The smallest absolute Gasteiger partial charge is 0.252 e. The highest BCUT2D eigenvalue weighted by Crippen LogP contribution is 2.55.